The van der Waals surface area contributed by atoms with E-state index in [0.29, 0.717) is 12.8 Å². The smallest absolute Gasteiger partial charge is 0.231 e. The fourth-order valence-corrected chi connectivity index (χ4v) is 4.19. The maximum Gasteiger partial charge on any atom is 0.231 e. The average Bonchev–Trinajstić information content (AvgIpc) is 2.73. The van der Waals surface area contributed by atoms with Crippen LogP contribution in [0.4, 0.5) is 14.5 Å². The van der Waals surface area contributed by atoms with E-state index in [1.807, 2.05) is 20.8 Å². The van der Waals surface area contributed by atoms with Gasteiger partial charge in [0.15, 0.2) is 11.6 Å². The quantitative estimate of drug-likeness (QED) is 0.905. The summed E-state index contributed by atoms with van der Waals surface area (Å²) in [6.07, 6.45) is 1.54. The summed E-state index contributed by atoms with van der Waals surface area (Å²) in [4.78, 5) is 25.2. The molecule has 3 rings (SSSR count). The summed E-state index contributed by atoms with van der Waals surface area (Å²) < 4.78 is 26.3. The van der Waals surface area contributed by atoms with Gasteiger partial charge in [-0.1, -0.05) is 20.8 Å². The highest BCUT2D eigenvalue weighted by Crippen LogP contribution is 2.70. The summed E-state index contributed by atoms with van der Waals surface area (Å²) in [5, 5.41) is 2.67. The third kappa shape index (κ3) is 1.65. The van der Waals surface area contributed by atoms with Gasteiger partial charge in [0.25, 0.3) is 0 Å². The third-order valence-corrected chi connectivity index (χ3v) is 6.32. The first-order valence-corrected chi connectivity index (χ1v) is 7.44. The molecule has 0 aliphatic heterocycles. The minimum atomic E-state index is -1.01. The predicted octanol–water partition coefficient (Wildman–Crippen LogP) is 3.69. The highest BCUT2D eigenvalue weighted by molar-refractivity contribution is 6.04. The lowest BCUT2D eigenvalue weighted by atomic mass is 9.64. The lowest BCUT2D eigenvalue weighted by molar-refractivity contribution is -0.131. The molecule has 2 bridgehead atoms. The van der Waals surface area contributed by atoms with Gasteiger partial charge in [0.05, 0.1) is 5.41 Å². The molecule has 2 saturated carbocycles. The van der Waals surface area contributed by atoms with Crippen LogP contribution in [0.2, 0.25) is 0 Å². The maximum absolute atomic E-state index is 13.3. The number of amides is 1. The van der Waals surface area contributed by atoms with E-state index in [4.69, 9.17) is 0 Å². The van der Waals surface area contributed by atoms with Crippen LogP contribution in [-0.2, 0) is 9.59 Å². The first kappa shape index (κ1) is 15.1. The zero-order valence-electron chi connectivity index (χ0n) is 12.9. The molecular formula is C17H19F2NO2. The van der Waals surface area contributed by atoms with E-state index in [-0.39, 0.29) is 23.8 Å². The summed E-state index contributed by atoms with van der Waals surface area (Å²) in [6.45, 7) is 5.83. The largest absolute Gasteiger partial charge is 0.325 e. The molecule has 2 aliphatic rings. The second-order valence-corrected chi connectivity index (χ2v) is 7.22. The van der Waals surface area contributed by atoms with Gasteiger partial charge >= 0.3 is 0 Å². The molecule has 22 heavy (non-hydrogen) atoms. The number of ketones is 1. The fraction of sp³-hybridized carbons (Fsp3) is 0.529. The fourth-order valence-electron chi connectivity index (χ4n) is 4.19. The number of hydrogen-bond donors (Lipinski definition) is 1. The van der Waals surface area contributed by atoms with Crippen molar-refractivity contribution in [2.45, 2.75) is 40.0 Å². The van der Waals surface area contributed by atoms with Crippen molar-refractivity contribution >= 4 is 17.4 Å². The molecule has 1 aromatic carbocycles. The van der Waals surface area contributed by atoms with Crippen LogP contribution in [0.25, 0.3) is 0 Å². The summed E-state index contributed by atoms with van der Waals surface area (Å²) in [5.74, 6) is -2.13. The summed E-state index contributed by atoms with van der Waals surface area (Å²) in [7, 11) is 0. The lowest BCUT2D eigenvalue weighted by Gasteiger charge is -2.38. The van der Waals surface area contributed by atoms with E-state index in [9.17, 15) is 18.4 Å². The Hall–Kier alpha value is -1.78. The minimum Gasteiger partial charge on any atom is -0.325 e. The zero-order chi connectivity index (χ0) is 16.3. The van der Waals surface area contributed by atoms with Crippen molar-refractivity contribution in [1.29, 1.82) is 0 Å². The van der Waals surface area contributed by atoms with E-state index in [1.165, 1.54) is 6.07 Å². The van der Waals surface area contributed by atoms with Crippen molar-refractivity contribution in [3.63, 3.8) is 0 Å². The van der Waals surface area contributed by atoms with E-state index in [0.717, 1.165) is 12.1 Å². The molecule has 0 radical (unpaired) electrons. The van der Waals surface area contributed by atoms with Crippen LogP contribution in [-0.4, -0.2) is 11.7 Å². The highest BCUT2D eigenvalue weighted by Gasteiger charge is 2.72. The minimum absolute atomic E-state index is 0.115. The number of anilines is 1. The van der Waals surface area contributed by atoms with Gasteiger partial charge in [0, 0.05) is 23.6 Å². The number of fused-ring (bicyclic) bond motifs is 2. The molecule has 1 N–H and O–H groups in total. The number of rotatable bonds is 2. The average molecular weight is 307 g/mol. The van der Waals surface area contributed by atoms with Crippen molar-refractivity contribution in [2.75, 3.05) is 5.32 Å². The predicted molar refractivity (Wildman–Crippen MR) is 78.2 cm³/mol. The van der Waals surface area contributed by atoms with Crippen molar-refractivity contribution < 1.29 is 18.4 Å². The normalized spacial score (nSPS) is 32.3. The molecule has 2 fully saturated rings. The van der Waals surface area contributed by atoms with Gasteiger partial charge in [-0.3, -0.25) is 9.59 Å². The molecule has 1 amide bonds. The molecule has 0 heterocycles. The van der Waals surface area contributed by atoms with Crippen LogP contribution in [0.3, 0.4) is 0 Å². The highest BCUT2D eigenvalue weighted by atomic mass is 19.2. The Morgan fingerprint density at radius 1 is 1.14 bits per heavy atom. The second-order valence-electron chi connectivity index (χ2n) is 7.22. The molecule has 0 aromatic heterocycles. The first-order chi connectivity index (χ1) is 10.1. The van der Waals surface area contributed by atoms with Gasteiger partial charge in [0.2, 0.25) is 5.91 Å². The van der Waals surface area contributed by atoms with E-state index in [2.05, 4.69) is 5.32 Å². The lowest BCUT2D eigenvalue weighted by Crippen LogP contribution is -2.43. The van der Waals surface area contributed by atoms with Crippen molar-refractivity contribution in [3.05, 3.63) is 29.8 Å². The summed E-state index contributed by atoms with van der Waals surface area (Å²) in [5.41, 5.74) is -1.51. The van der Waals surface area contributed by atoms with Gasteiger partial charge in [-0.05, 0) is 30.4 Å². The molecule has 118 valence electrons. The summed E-state index contributed by atoms with van der Waals surface area (Å²) >= 11 is 0. The third-order valence-electron chi connectivity index (χ3n) is 6.32. The van der Waals surface area contributed by atoms with Gasteiger partial charge in [-0.2, -0.15) is 0 Å². The molecule has 0 saturated heterocycles. The van der Waals surface area contributed by atoms with Crippen LogP contribution >= 0.6 is 0 Å². The number of halogens is 2. The summed E-state index contributed by atoms with van der Waals surface area (Å²) in [6, 6.07) is 3.26. The first-order valence-electron chi connectivity index (χ1n) is 7.44. The molecular weight excluding hydrogens is 288 g/mol. The molecule has 2 aliphatic carbocycles. The van der Waals surface area contributed by atoms with Crippen molar-refractivity contribution in [1.82, 2.24) is 0 Å². The number of hydrogen-bond acceptors (Lipinski definition) is 2. The second kappa shape index (κ2) is 4.37. The Morgan fingerprint density at radius 2 is 1.82 bits per heavy atom. The molecule has 0 spiro atoms. The Morgan fingerprint density at radius 3 is 2.32 bits per heavy atom. The van der Waals surface area contributed by atoms with Crippen molar-refractivity contribution in [3.8, 4) is 0 Å². The van der Waals surface area contributed by atoms with Gasteiger partial charge in [-0.15, -0.1) is 0 Å². The topological polar surface area (TPSA) is 46.2 Å². The number of carbonyl (C=O) groups is 2. The van der Waals surface area contributed by atoms with Gasteiger partial charge in [0.1, 0.15) is 5.78 Å². The Kier molecular flexibility index (Phi) is 3.00. The SMILES string of the molecule is CC1(C)[C@]2(C(=O)Nc3ccc(F)c(F)c3)CC[C@@]1(C)C(=O)C2. The maximum atomic E-state index is 13.3. The molecule has 3 nitrogen and oxygen atoms in total. The van der Waals surface area contributed by atoms with Crippen LogP contribution in [0.5, 0.6) is 0 Å². The molecule has 0 unspecified atom stereocenters. The monoisotopic (exact) mass is 307 g/mol. The molecule has 2 atom stereocenters. The number of Topliss-reactive ketones (excluding diaryl/α,β-unsaturated/α-hetero) is 1. The Balaban J connectivity index is 1.92. The number of nitrogens with one attached hydrogen (secondary N) is 1. The van der Waals surface area contributed by atoms with E-state index >= 15 is 0 Å². The molecule has 5 heteroatoms. The Bertz CT molecular complexity index is 685. The van der Waals surface area contributed by atoms with Crippen LogP contribution < -0.4 is 5.32 Å². The van der Waals surface area contributed by atoms with Crippen LogP contribution in [0, 0.1) is 27.9 Å². The van der Waals surface area contributed by atoms with Crippen LogP contribution in [0.15, 0.2) is 18.2 Å². The zero-order valence-corrected chi connectivity index (χ0v) is 12.9. The van der Waals surface area contributed by atoms with E-state index in [1.54, 1.807) is 0 Å². The van der Waals surface area contributed by atoms with Crippen LogP contribution in [0.1, 0.15) is 40.0 Å². The molecule has 1 aromatic rings. The van der Waals surface area contributed by atoms with Gasteiger partial charge < -0.3 is 5.32 Å². The van der Waals surface area contributed by atoms with Crippen molar-refractivity contribution in [2.24, 2.45) is 16.2 Å². The van der Waals surface area contributed by atoms with Gasteiger partial charge in [-0.25, -0.2) is 8.78 Å². The number of carbonyl (C=O) groups excluding carboxylic acids is 2. The standard InChI is InChI=1S/C17H19F2NO2/c1-15(2)16(3)6-7-17(15,9-13(16)21)14(22)20-10-4-5-11(18)12(19)8-10/h4-5,8H,6-7,9H2,1-3H3,(H,20,22)/t16-,17+/m0/s1. The number of benzene rings is 1. The van der Waals surface area contributed by atoms with E-state index < -0.39 is 27.9 Å². The Labute approximate surface area is 128 Å².